The van der Waals surface area contributed by atoms with E-state index in [0.717, 1.165) is 29.6 Å². The highest BCUT2D eigenvalue weighted by molar-refractivity contribution is 6.09. The third-order valence-electron chi connectivity index (χ3n) is 6.45. The van der Waals surface area contributed by atoms with E-state index in [1.165, 1.54) is 4.90 Å². The van der Waals surface area contributed by atoms with Gasteiger partial charge in [0, 0.05) is 6.54 Å². The van der Waals surface area contributed by atoms with Gasteiger partial charge in [-0.1, -0.05) is 66.8 Å². The first kappa shape index (κ1) is 22.7. The van der Waals surface area contributed by atoms with Gasteiger partial charge < -0.3 is 16.2 Å². The summed E-state index contributed by atoms with van der Waals surface area (Å²) in [7, 11) is 0. The normalized spacial score (nSPS) is 26.7. The summed E-state index contributed by atoms with van der Waals surface area (Å²) < 4.78 is 0. The molecule has 3 aliphatic rings. The van der Waals surface area contributed by atoms with Crippen LogP contribution in [-0.4, -0.2) is 47.5 Å². The molecule has 0 saturated carbocycles. The summed E-state index contributed by atoms with van der Waals surface area (Å²) >= 11 is 0. The Morgan fingerprint density at radius 1 is 1.24 bits per heavy atom. The Morgan fingerprint density at radius 2 is 2.03 bits per heavy atom. The average Bonchev–Trinajstić information content (AvgIpc) is 3.09. The number of amides is 2. The predicted octanol–water partition coefficient (Wildman–Crippen LogP) is 2.32. The lowest BCUT2D eigenvalue weighted by Gasteiger charge is -2.32. The van der Waals surface area contributed by atoms with Gasteiger partial charge in [-0.15, -0.1) is 0 Å². The Labute approximate surface area is 194 Å². The molecule has 1 aromatic rings. The summed E-state index contributed by atoms with van der Waals surface area (Å²) in [5.41, 5.74) is 7.07. The third kappa shape index (κ3) is 4.16. The maximum absolute atomic E-state index is 14.0. The Kier molecular flexibility index (Phi) is 6.33. The molecular formula is C26H30N4O3. The molecule has 0 fully saturated rings. The molecular weight excluding hydrogens is 416 g/mol. The molecule has 0 bridgehead atoms. The summed E-state index contributed by atoms with van der Waals surface area (Å²) in [6.45, 7) is 2.20. The molecule has 2 unspecified atom stereocenters. The van der Waals surface area contributed by atoms with E-state index in [0.29, 0.717) is 6.42 Å². The van der Waals surface area contributed by atoms with Crippen LogP contribution in [0.25, 0.3) is 0 Å². The van der Waals surface area contributed by atoms with Crippen molar-refractivity contribution < 1.29 is 14.7 Å². The Balaban J connectivity index is 1.61. The van der Waals surface area contributed by atoms with Crippen LogP contribution in [0.5, 0.6) is 0 Å². The number of carbonyl (C=O) groups is 2. The van der Waals surface area contributed by atoms with E-state index in [1.54, 1.807) is 0 Å². The number of aliphatic hydroxyl groups is 1. The van der Waals surface area contributed by atoms with Crippen molar-refractivity contribution in [3.05, 3.63) is 83.5 Å². The predicted molar refractivity (Wildman–Crippen MR) is 128 cm³/mol. The maximum Gasteiger partial charge on any atom is 0.266 e. The zero-order valence-electron chi connectivity index (χ0n) is 18.8. The van der Waals surface area contributed by atoms with Crippen molar-refractivity contribution in [1.82, 2.24) is 10.2 Å². The fourth-order valence-corrected chi connectivity index (χ4v) is 4.72. The van der Waals surface area contributed by atoms with E-state index >= 15 is 0 Å². The number of aliphatic hydroxyl groups excluding tert-OH is 1. The first-order chi connectivity index (χ1) is 15.9. The molecule has 0 spiro atoms. The van der Waals surface area contributed by atoms with Gasteiger partial charge in [0.15, 0.2) is 11.5 Å². The van der Waals surface area contributed by atoms with E-state index < -0.39 is 11.0 Å². The van der Waals surface area contributed by atoms with Crippen LogP contribution in [0.1, 0.15) is 31.7 Å². The number of allylic oxidation sites excluding steroid dienone is 5. The number of aliphatic imine (C=N–C) groups is 1. The highest BCUT2D eigenvalue weighted by Gasteiger charge is 2.51. The third-order valence-corrected chi connectivity index (χ3v) is 6.45. The van der Waals surface area contributed by atoms with Gasteiger partial charge >= 0.3 is 0 Å². The molecule has 0 saturated heterocycles. The number of nitrogens with one attached hydrogen (secondary N) is 1. The molecule has 2 amide bonds. The van der Waals surface area contributed by atoms with Gasteiger partial charge in [0.1, 0.15) is 0 Å². The van der Waals surface area contributed by atoms with Gasteiger partial charge in [0.05, 0.1) is 18.6 Å². The molecule has 2 atom stereocenters. The van der Waals surface area contributed by atoms with Crippen LogP contribution >= 0.6 is 0 Å². The van der Waals surface area contributed by atoms with Crippen molar-refractivity contribution in [2.24, 2.45) is 16.1 Å². The van der Waals surface area contributed by atoms with Gasteiger partial charge in [0.2, 0.25) is 5.91 Å². The molecule has 2 aliphatic carbocycles. The topological polar surface area (TPSA) is 108 Å². The lowest BCUT2D eigenvalue weighted by molar-refractivity contribution is -0.130. The van der Waals surface area contributed by atoms with Crippen LogP contribution in [0.2, 0.25) is 0 Å². The van der Waals surface area contributed by atoms with Crippen molar-refractivity contribution in [2.75, 3.05) is 19.7 Å². The van der Waals surface area contributed by atoms with Crippen LogP contribution in [0, 0.1) is 5.41 Å². The fourth-order valence-electron chi connectivity index (χ4n) is 4.72. The lowest BCUT2D eigenvalue weighted by Crippen LogP contribution is -2.46. The molecule has 0 aromatic heterocycles. The summed E-state index contributed by atoms with van der Waals surface area (Å²) in [5, 5.41) is 11.8. The van der Waals surface area contributed by atoms with E-state index in [2.05, 4.69) is 11.4 Å². The molecule has 172 valence electrons. The minimum Gasteiger partial charge on any atom is -0.395 e. The maximum atomic E-state index is 14.0. The van der Waals surface area contributed by atoms with E-state index in [9.17, 15) is 9.59 Å². The van der Waals surface area contributed by atoms with E-state index in [4.69, 9.17) is 15.8 Å². The molecule has 1 aromatic carbocycles. The monoisotopic (exact) mass is 446 g/mol. The summed E-state index contributed by atoms with van der Waals surface area (Å²) in [6, 6.07) is 9.56. The quantitative estimate of drug-likeness (QED) is 0.597. The van der Waals surface area contributed by atoms with Crippen LogP contribution in [0.3, 0.4) is 0 Å². The van der Waals surface area contributed by atoms with Crippen molar-refractivity contribution in [3.63, 3.8) is 0 Å². The first-order valence-electron chi connectivity index (χ1n) is 11.3. The summed E-state index contributed by atoms with van der Waals surface area (Å²) in [5.74, 6) is -0.151. The number of nitrogens with zero attached hydrogens (tertiary/aromatic N) is 2. The lowest BCUT2D eigenvalue weighted by atomic mass is 9.78. The van der Waals surface area contributed by atoms with Gasteiger partial charge in [0.25, 0.3) is 5.91 Å². The molecule has 1 aliphatic heterocycles. The van der Waals surface area contributed by atoms with E-state index in [1.807, 2.05) is 67.6 Å². The molecule has 0 radical (unpaired) electrons. The number of guanidine groups is 1. The smallest absolute Gasteiger partial charge is 0.266 e. The van der Waals surface area contributed by atoms with Gasteiger partial charge in [-0.25, -0.2) is 4.99 Å². The van der Waals surface area contributed by atoms with Crippen molar-refractivity contribution in [1.29, 1.82) is 0 Å². The second-order valence-electron chi connectivity index (χ2n) is 8.85. The number of carbonyl (C=O) groups excluding carboxylic acids is 2. The van der Waals surface area contributed by atoms with Gasteiger partial charge in [-0.3, -0.25) is 14.5 Å². The molecule has 1 heterocycles. The molecule has 4 rings (SSSR count). The molecule has 4 N–H and O–H groups in total. The second kappa shape index (κ2) is 9.19. The largest absolute Gasteiger partial charge is 0.395 e. The standard InChI is InChI=1S/C26H30N4O3/c1-25(22(32)28-15-16-31)14-8-9-19(17-25)18-30-23(33)26(29-24(30)27,20-10-4-2-5-11-20)21-12-6-3-7-13-21/h2-6,8-12,14,31H,7,13,15-18H2,1H3,(H2,27,29)(H,28,32). The fraction of sp³-hybridized carbons (Fsp3) is 0.346. The van der Waals surface area contributed by atoms with Gasteiger partial charge in [-0.2, -0.15) is 0 Å². The molecule has 7 nitrogen and oxygen atoms in total. The number of rotatable bonds is 7. The highest BCUT2D eigenvalue weighted by Crippen LogP contribution is 2.43. The second-order valence-corrected chi connectivity index (χ2v) is 8.85. The van der Waals surface area contributed by atoms with Crippen molar-refractivity contribution >= 4 is 17.8 Å². The van der Waals surface area contributed by atoms with Crippen LogP contribution in [0.4, 0.5) is 0 Å². The minimum atomic E-state index is -1.16. The summed E-state index contributed by atoms with van der Waals surface area (Å²) in [4.78, 5) is 32.9. The van der Waals surface area contributed by atoms with Crippen molar-refractivity contribution in [3.8, 4) is 0 Å². The zero-order chi connectivity index (χ0) is 23.5. The van der Waals surface area contributed by atoms with Crippen LogP contribution in [0.15, 0.2) is 82.9 Å². The average molecular weight is 447 g/mol. The Bertz CT molecular complexity index is 1090. The van der Waals surface area contributed by atoms with Gasteiger partial charge in [-0.05, 0) is 42.9 Å². The molecule has 33 heavy (non-hydrogen) atoms. The Morgan fingerprint density at radius 3 is 2.73 bits per heavy atom. The minimum absolute atomic E-state index is 0.115. The van der Waals surface area contributed by atoms with Crippen LogP contribution < -0.4 is 11.1 Å². The van der Waals surface area contributed by atoms with Crippen molar-refractivity contribution in [2.45, 2.75) is 31.7 Å². The highest BCUT2D eigenvalue weighted by atomic mass is 16.3. The number of benzene rings is 1. The number of nitrogens with two attached hydrogens (primary N) is 1. The SMILES string of the molecule is CC1(C(=O)NCCO)C=CC=C(CN2C(=O)C(C3=CC=CCC3)(c3ccccc3)N=C2N)C1. The number of hydrogen-bond acceptors (Lipinski definition) is 5. The summed E-state index contributed by atoms with van der Waals surface area (Å²) in [6.07, 6.45) is 13.7. The van der Waals surface area contributed by atoms with E-state index in [-0.39, 0.29) is 37.5 Å². The first-order valence-corrected chi connectivity index (χ1v) is 11.3. The zero-order valence-corrected chi connectivity index (χ0v) is 18.8. The number of hydrogen-bond donors (Lipinski definition) is 3. The molecule has 7 heteroatoms. The Hall–Kier alpha value is -3.45. The van der Waals surface area contributed by atoms with Crippen LogP contribution in [-0.2, 0) is 15.1 Å².